The number of aromatic nitrogens is 3. The Bertz CT molecular complexity index is 981. The Hall–Kier alpha value is -2.71. The van der Waals surface area contributed by atoms with Crippen LogP contribution in [0.15, 0.2) is 35.7 Å². The van der Waals surface area contributed by atoms with Crippen molar-refractivity contribution in [3.8, 4) is 16.4 Å². The fourth-order valence-corrected chi connectivity index (χ4v) is 3.43. The first kappa shape index (κ1) is 20.0. The van der Waals surface area contributed by atoms with Crippen LogP contribution in [0.1, 0.15) is 25.5 Å². The van der Waals surface area contributed by atoms with E-state index in [2.05, 4.69) is 15.4 Å². The van der Waals surface area contributed by atoms with Crippen LogP contribution in [0.3, 0.4) is 0 Å². The van der Waals surface area contributed by atoms with Gasteiger partial charge in [-0.15, -0.1) is 11.3 Å². The largest absolute Gasteiger partial charge is 0.466 e. The molecule has 0 aliphatic rings. The number of thiazole rings is 1. The Kier molecular flexibility index (Phi) is 6.43. The van der Waals surface area contributed by atoms with Crippen molar-refractivity contribution >= 4 is 40.6 Å². The lowest BCUT2D eigenvalue weighted by atomic mass is 10.2. The number of nitrogens with zero attached hydrogens (tertiary/aromatic N) is 3. The highest BCUT2D eigenvalue weighted by molar-refractivity contribution is 7.12. The minimum atomic E-state index is -0.394. The number of hydrogen-bond donors (Lipinski definition) is 1. The second kappa shape index (κ2) is 8.99. The summed E-state index contributed by atoms with van der Waals surface area (Å²) in [7, 11) is 0. The highest BCUT2D eigenvalue weighted by atomic mass is 35.5. The number of benzene rings is 1. The molecule has 146 valence electrons. The zero-order valence-electron chi connectivity index (χ0n) is 15.4. The quantitative estimate of drug-likeness (QED) is 0.580. The van der Waals surface area contributed by atoms with E-state index in [1.165, 1.54) is 11.3 Å². The van der Waals surface area contributed by atoms with Crippen LogP contribution in [0.4, 0.5) is 5.82 Å². The zero-order chi connectivity index (χ0) is 20.1. The number of carbonyl (C=O) groups is 2. The first-order valence-corrected chi connectivity index (χ1v) is 9.96. The molecule has 7 nitrogen and oxygen atoms in total. The number of halogens is 1. The second-order valence-corrected chi connectivity index (χ2v) is 7.23. The average Bonchev–Trinajstić information content (AvgIpc) is 3.27. The number of amides is 1. The van der Waals surface area contributed by atoms with Crippen LogP contribution in [0.25, 0.3) is 16.4 Å². The number of aryl methyl sites for hydroxylation is 1. The summed E-state index contributed by atoms with van der Waals surface area (Å²) < 4.78 is 6.42. The van der Waals surface area contributed by atoms with Crippen molar-refractivity contribution in [1.29, 1.82) is 0 Å². The number of rotatable bonds is 7. The van der Waals surface area contributed by atoms with E-state index in [4.69, 9.17) is 16.3 Å². The van der Waals surface area contributed by atoms with E-state index in [0.29, 0.717) is 22.6 Å². The highest BCUT2D eigenvalue weighted by Gasteiger charge is 2.15. The van der Waals surface area contributed by atoms with Gasteiger partial charge in [0.05, 0.1) is 24.4 Å². The lowest BCUT2D eigenvalue weighted by molar-refractivity contribution is -0.144. The summed E-state index contributed by atoms with van der Waals surface area (Å²) in [6.07, 6.45) is 0.0711. The van der Waals surface area contributed by atoms with Gasteiger partial charge in [0, 0.05) is 28.5 Å². The Morgan fingerprint density at radius 1 is 1.25 bits per heavy atom. The molecule has 1 aromatic carbocycles. The summed E-state index contributed by atoms with van der Waals surface area (Å²) >= 11 is 7.35. The maximum Gasteiger partial charge on any atom is 0.306 e. The molecule has 0 aliphatic heterocycles. The van der Waals surface area contributed by atoms with Crippen molar-refractivity contribution in [3.63, 3.8) is 0 Å². The van der Waals surface area contributed by atoms with E-state index in [1.54, 1.807) is 17.7 Å². The van der Waals surface area contributed by atoms with Gasteiger partial charge in [-0.2, -0.15) is 9.78 Å². The lowest BCUT2D eigenvalue weighted by Gasteiger charge is -2.06. The fraction of sp³-hybridized carbons (Fsp3) is 0.263. The van der Waals surface area contributed by atoms with Crippen LogP contribution in [-0.4, -0.2) is 33.2 Å². The summed E-state index contributed by atoms with van der Waals surface area (Å²) in [5.41, 5.74) is 2.48. The minimum absolute atomic E-state index is 0.0325. The SMILES string of the molecule is CCOC(=O)CCC(=O)Nc1cc(C)nn1-c1nc(-c2ccc(Cl)cc2)cs1. The Morgan fingerprint density at radius 2 is 2.00 bits per heavy atom. The molecule has 0 radical (unpaired) electrons. The molecule has 0 unspecified atom stereocenters. The lowest BCUT2D eigenvalue weighted by Crippen LogP contribution is -2.16. The third kappa shape index (κ3) is 4.96. The summed E-state index contributed by atoms with van der Waals surface area (Å²) in [6.45, 7) is 3.86. The summed E-state index contributed by atoms with van der Waals surface area (Å²) in [5.74, 6) is -0.179. The Morgan fingerprint density at radius 3 is 2.71 bits per heavy atom. The van der Waals surface area contributed by atoms with E-state index >= 15 is 0 Å². The molecule has 28 heavy (non-hydrogen) atoms. The molecule has 0 spiro atoms. The minimum Gasteiger partial charge on any atom is -0.466 e. The standard InChI is InChI=1S/C19H19ClN4O3S/c1-3-27-18(26)9-8-17(25)22-16-10-12(2)23-24(16)19-21-15(11-28-19)13-4-6-14(20)7-5-13/h4-7,10-11H,3,8-9H2,1-2H3,(H,22,25). The van der Waals surface area contributed by atoms with Crippen molar-refractivity contribution in [3.05, 3.63) is 46.4 Å². The monoisotopic (exact) mass is 418 g/mol. The van der Waals surface area contributed by atoms with Crippen LogP contribution in [0, 0.1) is 6.92 Å². The molecule has 0 fully saturated rings. The molecule has 0 bridgehead atoms. The van der Waals surface area contributed by atoms with Crippen LogP contribution >= 0.6 is 22.9 Å². The van der Waals surface area contributed by atoms with Gasteiger partial charge in [0.25, 0.3) is 0 Å². The van der Waals surface area contributed by atoms with Gasteiger partial charge in [-0.3, -0.25) is 9.59 Å². The average molecular weight is 419 g/mol. The molecule has 2 heterocycles. The Balaban J connectivity index is 1.74. The molecule has 2 aromatic heterocycles. The third-order valence-corrected chi connectivity index (χ3v) is 4.84. The van der Waals surface area contributed by atoms with Crippen molar-refractivity contribution in [2.45, 2.75) is 26.7 Å². The predicted octanol–water partition coefficient (Wildman–Crippen LogP) is 4.24. The molecule has 1 amide bonds. The third-order valence-electron chi connectivity index (χ3n) is 3.77. The number of hydrogen-bond acceptors (Lipinski definition) is 6. The molecule has 9 heteroatoms. The van der Waals surface area contributed by atoms with Crippen LogP contribution in [-0.2, 0) is 14.3 Å². The fourth-order valence-electron chi connectivity index (χ4n) is 2.50. The zero-order valence-corrected chi connectivity index (χ0v) is 17.0. The van der Waals surface area contributed by atoms with Gasteiger partial charge < -0.3 is 10.1 Å². The number of anilines is 1. The predicted molar refractivity (Wildman–Crippen MR) is 109 cm³/mol. The van der Waals surface area contributed by atoms with Gasteiger partial charge in [0.2, 0.25) is 11.0 Å². The molecular formula is C19H19ClN4O3S. The van der Waals surface area contributed by atoms with E-state index in [-0.39, 0.29) is 18.7 Å². The van der Waals surface area contributed by atoms with Crippen molar-refractivity contribution in [2.75, 3.05) is 11.9 Å². The van der Waals surface area contributed by atoms with E-state index < -0.39 is 5.97 Å². The smallest absolute Gasteiger partial charge is 0.306 e. The molecule has 3 aromatic rings. The van der Waals surface area contributed by atoms with E-state index in [1.807, 2.05) is 36.6 Å². The number of ether oxygens (including phenoxy) is 1. The van der Waals surface area contributed by atoms with Crippen LogP contribution < -0.4 is 5.32 Å². The normalized spacial score (nSPS) is 10.7. The van der Waals surface area contributed by atoms with Crippen LogP contribution in [0.2, 0.25) is 5.02 Å². The number of carbonyl (C=O) groups excluding carboxylic acids is 2. The van der Waals surface area contributed by atoms with E-state index in [0.717, 1.165) is 17.0 Å². The summed E-state index contributed by atoms with van der Waals surface area (Å²) in [6, 6.07) is 9.17. The summed E-state index contributed by atoms with van der Waals surface area (Å²) in [5, 5.41) is 10.4. The Labute approximate surface area is 171 Å². The first-order valence-electron chi connectivity index (χ1n) is 8.70. The van der Waals surface area contributed by atoms with Gasteiger partial charge in [0.15, 0.2) is 0 Å². The molecule has 0 saturated carbocycles. The maximum absolute atomic E-state index is 12.2. The van der Waals surface area contributed by atoms with Gasteiger partial charge >= 0.3 is 5.97 Å². The maximum atomic E-state index is 12.2. The molecular weight excluding hydrogens is 400 g/mol. The van der Waals surface area contributed by atoms with Crippen molar-refractivity contribution < 1.29 is 14.3 Å². The molecule has 1 N–H and O–H groups in total. The number of esters is 1. The molecule has 0 atom stereocenters. The molecule has 0 saturated heterocycles. The number of nitrogens with one attached hydrogen (secondary N) is 1. The first-order chi connectivity index (χ1) is 13.5. The summed E-state index contributed by atoms with van der Waals surface area (Å²) in [4.78, 5) is 28.2. The van der Waals surface area contributed by atoms with Crippen molar-refractivity contribution in [2.24, 2.45) is 0 Å². The molecule has 3 rings (SSSR count). The van der Waals surface area contributed by atoms with Gasteiger partial charge in [-0.25, -0.2) is 4.98 Å². The van der Waals surface area contributed by atoms with Gasteiger partial charge in [-0.05, 0) is 26.0 Å². The van der Waals surface area contributed by atoms with Gasteiger partial charge in [0.1, 0.15) is 5.82 Å². The molecule has 0 aliphatic carbocycles. The highest BCUT2D eigenvalue weighted by Crippen LogP contribution is 2.27. The van der Waals surface area contributed by atoms with Crippen molar-refractivity contribution in [1.82, 2.24) is 14.8 Å². The van der Waals surface area contributed by atoms with E-state index in [9.17, 15) is 9.59 Å². The van der Waals surface area contributed by atoms with Crippen LogP contribution in [0.5, 0.6) is 0 Å². The topological polar surface area (TPSA) is 86.1 Å². The second-order valence-electron chi connectivity index (χ2n) is 5.96. The van der Waals surface area contributed by atoms with Gasteiger partial charge in [-0.1, -0.05) is 23.7 Å².